The lowest BCUT2D eigenvalue weighted by Gasteiger charge is -2.35. The minimum Gasteiger partial charge on any atom is -0.376 e. The largest absolute Gasteiger partial charge is 0.376 e. The molecular weight excluding hydrogens is 400 g/mol. The summed E-state index contributed by atoms with van der Waals surface area (Å²) in [6.45, 7) is 15.0. The fourth-order valence-corrected chi connectivity index (χ4v) is 4.46. The molecule has 2 heterocycles. The first-order valence-corrected chi connectivity index (χ1v) is 12.8. The number of hydrogen-bond donors (Lipinski definition) is 1. The Morgan fingerprint density at radius 1 is 1.06 bits per heavy atom. The molecule has 0 aromatic heterocycles. The summed E-state index contributed by atoms with van der Waals surface area (Å²) in [4.78, 5) is 9.76. The summed E-state index contributed by atoms with van der Waals surface area (Å²) < 4.78 is 12.0. The van der Waals surface area contributed by atoms with Crippen molar-refractivity contribution in [3.8, 4) is 0 Å². The van der Waals surface area contributed by atoms with Gasteiger partial charge in [0.25, 0.3) is 0 Å². The van der Waals surface area contributed by atoms with Gasteiger partial charge in [-0.05, 0) is 63.2 Å². The van der Waals surface area contributed by atoms with Gasteiger partial charge in [-0.3, -0.25) is 4.90 Å². The van der Waals surface area contributed by atoms with Gasteiger partial charge in [0.2, 0.25) is 0 Å². The van der Waals surface area contributed by atoms with Gasteiger partial charge < -0.3 is 19.7 Å². The standard InChI is InChI=1S/C26H44N4O2/c1-4-27-26(28-19-22-10-12-23(13-11-22)20-29(5-2)6-3)30-16-14-24(15-17-30)32-21-25-9-7-8-18-31-25/h10-13,24-25H,4-9,14-21H2,1-3H3,(H,27,28). The molecule has 6 nitrogen and oxygen atoms in total. The van der Waals surface area contributed by atoms with Gasteiger partial charge in [0.1, 0.15) is 0 Å². The lowest BCUT2D eigenvalue weighted by atomic mass is 10.1. The Hall–Kier alpha value is -1.63. The lowest BCUT2D eigenvalue weighted by molar-refractivity contribution is -0.0721. The van der Waals surface area contributed by atoms with Crippen LogP contribution in [0.25, 0.3) is 0 Å². The zero-order valence-electron chi connectivity index (χ0n) is 20.5. The molecule has 1 N–H and O–H groups in total. The first-order chi connectivity index (χ1) is 15.7. The number of ether oxygens (including phenoxy) is 2. The minimum atomic E-state index is 0.305. The number of aliphatic imine (C=N–C) groups is 1. The molecular formula is C26H44N4O2. The summed E-state index contributed by atoms with van der Waals surface area (Å²) in [5.41, 5.74) is 2.63. The van der Waals surface area contributed by atoms with Gasteiger partial charge in [0, 0.05) is 32.8 Å². The fraction of sp³-hybridized carbons (Fsp3) is 0.731. The predicted octanol–water partition coefficient (Wildman–Crippen LogP) is 4.04. The van der Waals surface area contributed by atoms with Gasteiger partial charge in [0.15, 0.2) is 5.96 Å². The highest BCUT2D eigenvalue weighted by Crippen LogP contribution is 2.18. The summed E-state index contributed by atoms with van der Waals surface area (Å²) in [5, 5.41) is 3.48. The maximum atomic E-state index is 6.18. The molecule has 6 heteroatoms. The summed E-state index contributed by atoms with van der Waals surface area (Å²) in [7, 11) is 0. The van der Waals surface area contributed by atoms with E-state index in [0.29, 0.717) is 18.8 Å². The maximum Gasteiger partial charge on any atom is 0.194 e. The van der Waals surface area contributed by atoms with Crippen LogP contribution in [0.15, 0.2) is 29.3 Å². The van der Waals surface area contributed by atoms with Gasteiger partial charge in [-0.15, -0.1) is 0 Å². The number of nitrogens with zero attached hydrogens (tertiary/aromatic N) is 3. The first kappa shape index (κ1) is 25.0. The van der Waals surface area contributed by atoms with E-state index >= 15 is 0 Å². The second-order valence-corrected chi connectivity index (χ2v) is 8.96. The van der Waals surface area contributed by atoms with E-state index in [0.717, 1.165) is 77.7 Å². The van der Waals surface area contributed by atoms with Gasteiger partial charge >= 0.3 is 0 Å². The molecule has 1 atom stereocenters. The number of nitrogens with one attached hydrogen (secondary N) is 1. The molecule has 0 saturated carbocycles. The summed E-state index contributed by atoms with van der Waals surface area (Å²) in [6.07, 6.45) is 6.37. The highest BCUT2D eigenvalue weighted by atomic mass is 16.5. The fourth-order valence-electron chi connectivity index (χ4n) is 4.46. The van der Waals surface area contributed by atoms with Crippen LogP contribution >= 0.6 is 0 Å². The average Bonchev–Trinajstić information content (AvgIpc) is 2.85. The SMILES string of the molecule is CCNC(=NCc1ccc(CN(CC)CC)cc1)N1CCC(OCC2CCCCO2)CC1. The van der Waals surface area contributed by atoms with Crippen molar-refractivity contribution < 1.29 is 9.47 Å². The Morgan fingerprint density at radius 3 is 2.41 bits per heavy atom. The summed E-state index contributed by atoms with van der Waals surface area (Å²) in [6, 6.07) is 8.93. The van der Waals surface area contributed by atoms with E-state index in [9.17, 15) is 0 Å². The van der Waals surface area contributed by atoms with Crippen LogP contribution in [0.1, 0.15) is 64.0 Å². The molecule has 32 heavy (non-hydrogen) atoms. The Morgan fingerprint density at radius 2 is 1.78 bits per heavy atom. The van der Waals surface area contributed by atoms with E-state index in [1.54, 1.807) is 0 Å². The Balaban J connectivity index is 1.46. The topological polar surface area (TPSA) is 49.3 Å². The molecule has 1 aromatic carbocycles. The van der Waals surface area contributed by atoms with E-state index in [2.05, 4.69) is 60.2 Å². The molecule has 0 radical (unpaired) electrons. The molecule has 1 unspecified atom stereocenters. The van der Waals surface area contributed by atoms with Crippen molar-refractivity contribution in [3.05, 3.63) is 35.4 Å². The van der Waals surface area contributed by atoms with Gasteiger partial charge in [-0.2, -0.15) is 0 Å². The molecule has 0 amide bonds. The second kappa shape index (κ2) is 13.8. The number of benzene rings is 1. The quantitative estimate of drug-likeness (QED) is 0.436. The summed E-state index contributed by atoms with van der Waals surface area (Å²) in [5.74, 6) is 1.02. The van der Waals surface area contributed by atoms with E-state index in [1.807, 2.05) is 0 Å². The zero-order chi connectivity index (χ0) is 22.6. The molecule has 3 rings (SSSR count). The molecule has 2 fully saturated rings. The van der Waals surface area contributed by atoms with Crippen molar-refractivity contribution >= 4 is 5.96 Å². The predicted molar refractivity (Wildman–Crippen MR) is 132 cm³/mol. The van der Waals surface area contributed by atoms with Gasteiger partial charge in [-0.1, -0.05) is 38.1 Å². The van der Waals surface area contributed by atoms with Crippen molar-refractivity contribution in [3.63, 3.8) is 0 Å². The van der Waals surface area contributed by atoms with Crippen molar-refractivity contribution in [2.24, 2.45) is 4.99 Å². The molecule has 0 aliphatic carbocycles. The van der Waals surface area contributed by atoms with Crippen molar-refractivity contribution in [2.75, 3.05) is 45.9 Å². The van der Waals surface area contributed by atoms with Crippen LogP contribution in [0.2, 0.25) is 0 Å². The number of likely N-dealkylation sites (tertiary alicyclic amines) is 1. The van der Waals surface area contributed by atoms with E-state index < -0.39 is 0 Å². The number of rotatable bonds is 10. The van der Waals surface area contributed by atoms with E-state index in [4.69, 9.17) is 14.5 Å². The molecule has 1 aromatic rings. The number of piperidine rings is 1. The van der Waals surface area contributed by atoms with Crippen LogP contribution in [0, 0.1) is 0 Å². The third-order valence-corrected chi connectivity index (χ3v) is 6.60. The van der Waals surface area contributed by atoms with Crippen LogP contribution in [-0.2, 0) is 22.6 Å². The number of guanidine groups is 1. The molecule has 2 saturated heterocycles. The first-order valence-electron chi connectivity index (χ1n) is 12.8. The second-order valence-electron chi connectivity index (χ2n) is 8.96. The van der Waals surface area contributed by atoms with Crippen molar-refractivity contribution in [2.45, 2.75) is 78.2 Å². The highest BCUT2D eigenvalue weighted by molar-refractivity contribution is 5.80. The number of hydrogen-bond acceptors (Lipinski definition) is 4. The average molecular weight is 445 g/mol. The zero-order valence-corrected chi connectivity index (χ0v) is 20.5. The Kier molecular flexibility index (Phi) is 10.8. The van der Waals surface area contributed by atoms with Gasteiger partial charge in [-0.25, -0.2) is 4.99 Å². The summed E-state index contributed by atoms with van der Waals surface area (Å²) >= 11 is 0. The van der Waals surface area contributed by atoms with Crippen molar-refractivity contribution in [1.82, 2.24) is 15.1 Å². The molecule has 180 valence electrons. The third kappa shape index (κ3) is 8.05. The van der Waals surface area contributed by atoms with Crippen LogP contribution in [0.4, 0.5) is 0 Å². The van der Waals surface area contributed by atoms with Crippen LogP contribution in [0.5, 0.6) is 0 Å². The van der Waals surface area contributed by atoms with E-state index in [-0.39, 0.29) is 0 Å². The van der Waals surface area contributed by atoms with Gasteiger partial charge in [0.05, 0.1) is 25.4 Å². The highest BCUT2D eigenvalue weighted by Gasteiger charge is 2.23. The minimum absolute atomic E-state index is 0.305. The lowest BCUT2D eigenvalue weighted by Crippen LogP contribution is -2.47. The molecule has 0 bridgehead atoms. The molecule has 2 aliphatic rings. The third-order valence-electron chi connectivity index (χ3n) is 6.60. The smallest absolute Gasteiger partial charge is 0.194 e. The monoisotopic (exact) mass is 444 g/mol. The van der Waals surface area contributed by atoms with Crippen molar-refractivity contribution in [1.29, 1.82) is 0 Å². The van der Waals surface area contributed by atoms with Crippen LogP contribution in [0.3, 0.4) is 0 Å². The molecule has 0 spiro atoms. The normalized spacial score (nSPS) is 20.7. The Bertz CT molecular complexity index is 661. The van der Waals surface area contributed by atoms with Crippen LogP contribution < -0.4 is 5.32 Å². The maximum absolute atomic E-state index is 6.18. The van der Waals surface area contributed by atoms with E-state index in [1.165, 1.54) is 24.0 Å². The Labute approximate surface area is 195 Å². The molecule has 2 aliphatic heterocycles. The van der Waals surface area contributed by atoms with Crippen LogP contribution in [-0.4, -0.2) is 73.9 Å².